The van der Waals surface area contributed by atoms with Gasteiger partial charge in [0.05, 0.1) is 7.11 Å². The summed E-state index contributed by atoms with van der Waals surface area (Å²) in [6.07, 6.45) is 2.09. The summed E-state index contributed by atoms with van der Waals surface area (Å²) in [5, 5.41) is 10.1. The highest BCUT2D eigenvalue weighted by Crippen LogP contribution is 2.18. The average molecular weight is 316 g/mol. The van der Waals surface area contributed by atoms with Crippen molar-refractivity contribution in [1.29, 1.82) is 0 Å². The van der Waals surface area contributed by atoms with Crippen LogP contribution in [0, 0.1) is 5.92 Å². The molecule has 0 spiro atoms. The van der Waals surface area contributed by atoms with Gasteiger partial charge in [0.15, 0.2) is 0 Å². The third-order valence-corrected chi connectivity index (χ3v) is 3.71. The molecule has 1 fully saturated rings. The minimum atomic E-state index is -0.442. The molecule has 1 aliphatic rings. The highest BCUT2D eigenvalue weighted by molar-refractivity contribution is 5.85. The molecule has 1 N–H and O–H groups in total. The Kier molecular flexibility index (Phi) is 7.86. The van der Waals surface area contributed by atoms with Crippen LogP contribution in [0.15, 0.2) is 24.3 Å². The largest absolute Gasteiger partial charge is 0.497 e. The van der Waals surface area contributed by atoms with Gasteiger partial charge in [-0.05, 0) is 49.6 Å². The molecule has 2 atom stereocenters. The first-order chi connectivity index (χ1) is 9.67. The monoisotopic (exact) mass is 315 g/mol. The van der Waals surface area contributed by atoms with Crippen molar-refractivity contribution in [3.63, 3.8) is 0 Å². The Hall–Kier alpha value is -0.970. The predicted molar refractivity (Wildman–Crippen MR) is 86.6 cm³/mol. The van der Waals surface area contributed by atoms with Crippen LogP contribution < -0.4 is 9.47 Å². The number of piperidine rings is 1. The highest BCUT2D eigenvalue weighted by Gasteiger charge is 2.19. The van der Waals surface area contributed by atoms with E-state index in [0.717, 1.165) is 30.5 Å². The lowest BCUT2D eigenvalue weighted by Gasteiger charge is -2.32. The third kappa shape index (κ3) is 6.12. The first kappa shape index (κ1) is 18.1. The lowest BCUT2D eigenvalue weighted by molar-refractivity contribution is 0.0537. The fraction of sp³-hybridized carbons (Fsp3) is 0.625. The maximum absolute atomic E-state index is 10.1. The molecule has 0 aliphatic carbocycles. The first-order valence-electron chi connectivity index (χ1n) is 7.34. The summed E-state index contributed by atoms with van der Waals surface area (Å²) >= 11 is 0. The summed E-state index contributed by atoms with van der Waals surface area (Å²) in [4.78, 5) is 2.33. The quantitative estimate of drug-likeness (QED) is 0.876. The van der Waals surface area contributed by atoms with Crippen molar-refractivity contribution in [3.8, 4) is 11.5 Å². The maximum atomic E-state index is 10.1. The van der Waals surface area contributed by atoms with Gasteiger partial charge < -0.3 is 19.5 Å². The molecule has 120 valence electrons. The smallest absolute Gasteiger partial charge is 0.119 e. The van der Waals surface area contributed by atoms with Crippen molar-refractivity contribution >= 4 is 12.4 Å². The lowest BCUT2D eigenvalue weighted by atomic mass is 10.0. The summed E-state index contributed by atoms with van der Waals surface area (Å²) in [5.41, 5.74) is 0. The Morgan fingerprint density at radius 1 is 1.29 bits per heavy atom. The SMILES string of the molecule is COc1ccc(OCC(O)CN2CCCC(C)C2)cc1.Cl. The Morgan fingerprint density at radius 3 is 2.57 bits per heavy atom. The fourth-order valence-electron chi connectivity index (χ4n) is 2.67. The number of methoxy groups -OCH3 is 1. The van der Waals surface area contributed by atoms with Crippen LogP contribution >= 0.6 is 12.4 Å². The standard InChI is InChI=1S/C16H25NO3.ClH/c1-13-4-3-9-17(10-13)11-14(18)12-20-16-7-5-15(19-2)6-8-16;/h5-8,13-14,18H,3-4,9-12H2,1-2H3;1H. The zero-order valence-electron chi connectivity index (χ0n) is 12.8. The van der Waals surface area contributed by atoms with Gasteiger partial charge in [-0.3, -0.25) is 0 Å². The number of ether oxygens (including phenoxy) is 2. The Labute approximate surface area is 133 Å². The fourth-order valence-corrected chi connectivity index (χ4v) is 2.67. The molecule has 1 aromatic carbocycles. The molecular formula is C16H26ClNO3. The van der Waals surface area contributed by atoms with E-state index in [2.05, 4.69) is 11.8 Å². The number of β-amino-alcohol motifs (C(OH)–C–C–N with tert-alkyl or cyclic N) is 1. The molecule has 21 heavy (non-hydrogen) atoms. The second-order valence-corrected chi connectivity index (χ2v) is 5.65. The number of halogens is 1. The van der Waals surface area contributed by atoms with Crippen LogP contribution in [0.3, 0.4) is 0 Å². The Balaban J connectivity index is 0.00000220. The third-order valence-electron chi connectivity index (χ3n) is 3.71. The Bertz CT molecular complexity index is 399. The number of hydrogen-bond donors (Lipinski definition) is 1. The first-order valence-corrected chi connectivity index (χ1v) is 7.34. The van der Waals surface area contributed by atoms with Gasteiger partial charge in [0.1, 0.15) is 24.2 Å². The van der Waals surface area contributed by atoms with E-state index in [-0.39, 0.29) is 12.4 Å². The van der Waals surface area contributed by atoms with Crippen LogP contribution in [0.25, 0.3) is 0 Å². The van der Waals surface area contributed by atoms with Crippen LogP contribution in [-0.2, 0) is 0 Å². The van der Waals surface area contributed by atoms with Crippen LogP contribution in [0.1, 0.15) is 19.8 Å². The van der Waals surface area contributed by atoms with Gasteiger partial charge in [0.2, 0.25) is 0 Å². The summed E-state index contributed by atoms with van der Waals surface area (Å²) < 4.78 is 10.7. The molecule has 0 saturated carbocycles. The van der Waals surface area contributed by atoms with Crippen molar-refractivity contribution < 1.29 is 14.6 Å². The zero-order valence-corrected chi connectivity index (χ0v) is 13.6. The summed E-state index contributed by atoms with van der Waals surface area (Å²) in [6, 6.07) is 7.42. The lowest BCUT2D eigenvalue weighted by Crippen LogP contribution is -2.41. The molecule has 1 saturated heterocycles. The Morgan fingerprint density at radius 2 is 1.95 bits per heavy atom. The second-order valence-electron chi connectivity index (χ2n) is 5.65. The van der Waals surface area contributed by atoms with Crippen LogP contribution in [-0.4, -0.2) is 49.5 Å². The molecule has 1 heterocycles. The molecule has 4 nitrogen and oxygen atoms in total. The molecule has 1 aromatic rings. The zero-order chi connectivity index (χ0) is 14.4. The number of aliphatic hydroxyl groups is 1. The molecular weight excluding hydrogens is 290 g/mol. The van der Waals surface area contributed by atoms with Crippen molar-refractivity contribution in [2.24, 2.45) is 5.92 Å². The van der Waals surface area contributed by atoms with Gasteiger partial charge >= 0.3 is 0 Å². The second kappa shape index (κ2) is 9.13. The van der Waals surface area contributed by atoms with Crippen molar-refractivity contribution in [3.05, 3.63) is 24.3 Å². The van der Waals surface area contributed by atoms with Crippen molar-refractivity contribution in [2.45, 2.75) is 25.9 Å². The highest BCUT2D eigenvalue weighted by atomic mass is 35.5. The van der Waals surface area contributed by atoms with E-state index in [1.165, 1.54) is 12.8 Å². The van der Waals surface area contributed by atoms with E-state index < -0.39 is 6.10 Å². The van der Waals surface area contributed by atoms with Gasteiger partial charge in [-0.1, -0.05) is 6.92 Å². The predicted octanol–water partition coefficient (Wildman–Crippen LogP) is 2.59. The van der Waals surface area contributed by atoms with Crippen molar-refractivity contribution in [1.82, 2.24) is 4.90 Å². The molecule has 0 bridgehead atoms. The van der Waals surface area contributed by atoms with Gasteiger partial charge in [-0.15, -0.1) is 12.4 Å². The average Bonchev–Trinajstić information content (AvgIpc) is 2.46. The van der Waals surface area contributed by atoms with Crippen LogP contribution in [0.5, 0.6) is 11.5 Å². The summed E-state index contributed by atoms with van der Waals surface area (Å²) in [6.45, 7) is 5.47. The molecule has 0 amide bonds. The number of likely N-dealkylation sites (tertiary alicyclic amines) is 1. The van der Waals surface area contributed by atoms with Gasteiger partial charge in [0, 0.05) is 13.1 Å². The molecule has 1 aliphatic heterocycles. The number of benzene rings is 1. The molecule has 2 rings (SSSR count). The van der Waals surface area contributed by atoms with Gasteiger partial charge in [-0.25, -0.2) is 0 Å². The minimum absolute atomic E-state index is 0. The van der Waals surface area contributed by atoms with Gasteiger partial charge in [-0.2, -0.15) is 0 Å². The van der Waals surface area contributed by atoms with E-state index in [9.17, 15) is 5.11 Å². The summed E-state index contributed by atoms with van der Waals surface area (Å²) in [5.74, 6) is 2.30. The molecule has 2 unspecified atom stereocenters. The minimum Gasteiger partial charge on any atom is -0.497 e. The van der Waals surface area contributed by atoms with E-state index in [1.54, 1.807) is 7.11 Å². The van der Waals surface area contributed by atoms with E-state index in [4.69, 9.17) is 9.47 Å². The van der Waals surface area contributed by atoms with E-state index in [1.807, 2.05) is 24.3 Å². The summed E-state index contributed by atoms with van der Waals surface area (Å²) in [7, 11) is 1.64. The number of rotatable bonds is 6. The number of hydrogen-bond acceptors (Lipinski definition) is 4. The van der Waals surface area contributed by atoms with Crippen LogP contribution in [0.4, 0.5) is 0 Å². The molecule has 0 radical (unpaired) electrons. The van der Waals surface area contributed by atoms with Crippen molar-refractivity contribution in [2.75, 3.05) is 33.4 Å². The van der Waals surface area contributed by atoms with E-state index in [0.29, 0.717) is 13.2 Å². The topological polar surface area (TPSA) is 41.9 Å². The molecule has 5 heteroatoms. The normalized spacial score (nSPS) is 20.4. The number of nitrogens with zero attached hydrogens (tertiary/aromatic N) is 1. The number of aliphatic hydroxyl groups excluding tert-OH is 1. The van der Waals surface area contributed by atoms with E-state index >= 15 is 0 Å². The van der Waals surface area contributed by atoms with Gasteiger partial charge in [0.25, 0.3) is 0 Å². The molecule has 0 aromatic heterocycles. The maximum Gasteiger partial charge on any atom is 0.119 e. The van der Waals surface area contributed by atoms with Crippen LogP contribution in [0.2, 0.25) is 0 Å².